The first kappa shape index (κ1) is 14.7. The van der Waals surface area contributed by atoms with E-state index in [1.165, 1.54) is 0 Å². The van der Waals surface area contributed by atoms with E-state index >= 15 is 0 Å². The highest BCUT2D eigenvalue weighted by atomic mass is 19.4. The lowest BCUT2D eigenvalue weighted by Gasteiger charge is -2.09. The molecule has 0 rings (SSSR count). The van der Waals surface area contributed by atoms with Crippen LogP contribution >= 0.6 is 0 Å². The van der Waals surface area contributed by atoms with Gasteiger partial charge in [0.05, 0.1) is 6.61 Å². The molecule has 0 aromatic rings. The molecule has 0 aromatic heterocycles. The van der Waals surface area contributed by atoms with Crippen molar-refractivity contribution in [3.63, 3.8) is 0 Å². The fourth-order valence-electron chi connectivity index (χ4n) is 0.732. The predicted molar refractivity (Wildman–Crippen MR) is 50.3 cm³/mol. The monoisotopic (exact) mass is 229 g/mol. The highest BCUT2D eigenvalue weighted by Crippen LogP contribution is 2.14. The van der Waals surface area contributed by atoms with Gasteiger partial charge in [0, 0.05) is 13.2 Å². The summed E-state index contributed by atoms with van der Waals surface area (Å²) in [6, 6.07) is 0. The van der Waals surface area contributed by atoms with Crippen LogP contribution in [-0.4, -0.2) is 32.5 Å². The lowest BCUT2D eigenvalue weighted by molar-refractivity contribution is -0.174. The Kier molecular flexibility index (Phi) is 7.72. The molecule has 0 aliphatic heterocycles. The smallest absolute Gasteiger partial charge is 0.372 e. The third-order valence-electron chi connectivity index (χ3n) is 1.35. The quantitative estimate of drug-likeness (QED) is 0.511. The Morgan fingerprint density at radius 2 is 1.93 bits per heavy atom. The highest BCUT2D eigenvalue weighted by Gasteiger charge is 2.27. The molecule has 3 nitrogen and oxygen atoms in total. The van der Waals surface area contributed by atoms with E-state index in [4.69, 9.17) is 4.84 Å². The summed E-state index contributed by atoms with van der Waals surface area (Å²) in [7, 11) is 0. The molecule has 0 fully saturated rings. The molecule has 0 saturated carbocycles. The first-order valence-corrected chi connectivity index (χ1v) is 4.91. The van der Waals surface area contributed by atoms with Crippen molar-refractivity contribution in [2.75, 3.05) is 26.4 Å². The maximum atomic E-state index is 11.6. The molecule has 0 atom stereocenters. The van der Waals surface area contributed by atoms with Crippen molar-refractivity contribution in [3.05, 3.63) is 0 Å². The summed E-state index contributed by atoms with van der Waals surface area (Å²) in [6.45, 7) is 3.99. The van der Waals surface area contributed by atoms with Gasteiger partial charge in [-0.15, -0.1) is 0 Å². The van der Waals surface area contributed by atoms with Crippen LogP contribution in [0.2, 0.25) is 0 Å². The summed E-state index contributed by atoms with van der Waals surface area (Å²) in [6.07, 6.45) is -3.74. The van der Waals surface area contributed by atoms with Crippen LogP contribution in [0.3, 0.4) is 0 Å². The maximum absolute atomic E-state index is 11.6. The second kappa shape index (κ2) is 7.90. The molecule has 0 radical (unpaired) electrons. The number of hydroxylamine groups is 1. The lowest BCUT2D eigenvalue weighted by atomic mass is 10.2. The molecule has 0 spiro atoms. The van der Waals surface area contributed by atoms with E-state index in [0.717, 1.165) is 0 Å². The predicted octanol–water partition coefficient (Wildman–Crippen LogP) is 2.13. The van der Waals surface area contributed by atoms with Gasteiger partial charge in [-0.2, -0.15) is 13.2 Å². The summed E-state index contributed by atoms with van der Waals surface area (Å²) in [4.78, 5) is 5.01. The average Bonchev–Trinajstić information content (AvgIpc) is 2.07. The Bertz CT molecular complexity index is 151. The van der Waals surface area contributed by atoms with Gasteiger partial charge in [-0.3, -0.25) is 0 Å². The van der Waals surface area contributed by atoms with Crippen molar-refractivity contribution < 1.29 is 22.7 Å². The Labute approximate surface area is 87.9 Å². The molecule has 0 heterocycles. The van der Waals surface area contributed by atoms with E-state index in [1.54, 1.807) is 0 Å². The second-order valence-electron chi connectivity index (χ2n) is 3.62. The van der Waals surface area contributed by atoms with Gasteiger partial charge in [0.2, 0.25) is 0 Å². The molecule has 15 heavy (non-hydrogen) atoms. The summed E-state index contributed by atoms with van der Waals surface area (Å²) >= 11 is 0. The Morgan fingerprint density at radius 1 is 1.27 bits per heavy atom. The molecule has 0 aromatic carbocycles. The van der Waals surface area contributed by atoms with Crippen LogP contribution in [0.25, 0.3) is 0 Å². The van der Waals surface area contributed by atoms with Gasteiger partial charge >= 0.3 is 6.18 Å². The number of hydrogen-bond donors (Lipinski definition) is 1. The minimum Gasteiger partial charge on any atom is -0.372 e. The van der Waals surface area contributed by atoms with Crippen molar-refractivity contribution in [3.8, 4) is 0 Å². The zero-order valence-electron chi connectivity index (χ0n) is 9.06. The summed E-state index contributed by atoms with van der Waals surface area (Å²) in [5.41, 5.74) is 2.65. The van der Waals surface area contributed by atoms with Crippen LogP contribution in [0.5, 0.6) is 0 Å². The van der Waals surface area contributed by atoms with Gasteiger partial charge in [0.25, 0.3) is 0 Å². The number of nitrogens with one attached hydrogen (secondary N) is 1. The van der Waals surface area contributed by atoms with Crippen molar-refractivity contribution in [1.82, 2.24) is 5.48 Å². The Balaban J connectivity index is 3.06. The van der Waals surface area contributed by atoms with Crippen LogP contribution in [-0.2, 0) is 9.57 Å². The van der Waals surface area contributed by atoms with E-state index in [0.29, 0.717) is 25.5 Å². The molecule has 0 saturated heterocycles. The van der Waals surface area contributed by atoms with Gasteiger partial charge in [0.15, 0.2) is 0 Å². The summed E-state index contributed by atoms with van der Waals surface area (Å²) in [5.74, 6) is 0.430. The number of hydrogen-bond acceptors (Lipinski definition) is 3. The van der Waals surface area contributed by atoms with E-state index in [2.05, 4.69) is 10.2 Å². The van der Waals surface area contributed by atoms with Gasteiger partial charge in [-0.1, -0.05) is 13.8 Å². The van der Waals surface area contributed by atoms with Gasteiger partial charge in [0.1, 0.15) is 6.61 Å². The third-order valence-corrected chi connectivity index (χ3v) is 1.35. The largest absolute Gasteiger partial charge is 0.411 e. The van der Waals surface area contributed by atoms with E-state index in [-0.39, 0.29) is 6.61 Å². The zero-order chi connectivity index (χ0) is 11.7. The number of halogens is 3. The molecule has 0 aliphatic rings. The maximum Gasteiger partial charge on any atom is 0.411 e. The Hall–Kier alpha value is -0.330. The summed E-state index contributed by atoms with van der Waals surface area (Å²) < 4.78 is 39.2. The molecule has 0 bridgehead atoms. The molecule has 0 amide bonds. The van der Waals surface area contributed by atoms with Crippen molar-refractivity contribution in [1.29, 1.82) is 0 Å². The van der Waals surface area contributed by atoms with Crippen LogP contribution in [0.1, 0.15) is 20.3 Å². The standard InChI is InChI=1S/C9H18F3NO2/c1-8(2)6-15-13-4-3-5-14-7-9(10,11)12/h8,13H,3-7H2,1-2H3. The molecule has 92 valence electrons. The molecular formula is C9H18F3NO2. The van der Waals surface area contributed by atoms with Crippen LogP contribution in [0.4, 0.5) is 13.2 Å². The van der Waals surface area contributed by atoms with E-state index in [9.17, 15) is 13.2 Å². The first-order valence-electron chi connectivity index (χ1n) is 4.91. The van der Waals surface area contributed by atoms with Gasteiger partial charge < -0.3 is 9.57 Å². The fraction of sp³-hybridized carbons (Fsp3) is 1.00. The van der Waals surface area contributed by atoms with E-state index in [1.807, 2.05) is 13.8 Å². The molecule has 6 heteroatoms. The van der Waals surface area contributed by atoms with Crippen molar-refractivity contribution in [2.45, 2.75) is 26.4 Å². The van der Waals surface area contributed by atoms with Crippen molar-refractivity contribution in [2.24, 2.45) is 5.92 Å². The van der Waals surface area contributed by atoms with Gasteiger partial charge in [-0.05, 0) is 12.3 Å². The second-order valence-corrected chi connectivity index (χ2v) is 3.62. The fourth-order valence-corrected chi connectivity index (χ4v) is 0.732. The number of rotatable bonds is 8. The lowest BCUT2D eigenvalue weighted by Crippen LogP contribution is -2.22. The van der Waals surface area contributed by atoms with E-state index < -0.39 is 12.8 Å². The highest BCUT2D eigenvalue weighted by molar-refractivity contribution is 4.46. The minimum atomic E-state index is -4.23. The first-order chi connectivity index (χ1) is 6.92. The minimum absolute atomic E-state index is 0.0809. The topological polar surface area (TPSA) is 30.5 Å². The molecular weight excluding hydrogens is 211 g/mol. The Morgan fingerprint density at radius 3 is 2.47 bits per heavy atom. The number of ether oxygens (including phenoxy) is 1. The molecule has 0 aliphatic carbocycles. The average molecular weight is 229 g/mol. The summed E-state index contributed by atoms with van der Waals surface area (Å²) in [5, 5.41) is 0. The molecule has 1 N–H and O–H groups in total. The molecule has 0 unspecified atom stereocenters. The van der Waals surface area contributed by atoms with Crippen LogP contribution in [0, 0.1) is 5.92 Å². The van der Waals surface area contributed by atoms with Crippen LogP contribution in [0.15, 0.2) is 0 Å². The zero-order valence-corrected chi connectivity index (χ0v) is 9.06. The number of alkyl halides is 3. The van der Waals surface area contributed by atoms with Crippen molar-refractivity contribution >= 4 is 0 Å². The van der Waals surface area contributed by atoms with Crippen LogP contribution < -0.4 is 5.48 Å². The van der Waals surface area contributed by atoms with Gasteiger partial charge in [-0.25, -0.2) is 5.48 Å². The SMILES string of the molecule is CC(C)CONCCCOCC(F)(F)F. The third kappa shape index (κ3) is 13.7. The normalized spacial score (nSPS) is 12.4.